The number of alkyl halides is 3. The summed E-state index contributed by atoms with van der Waals surface area (Å²) < 4.78 is 43.2. The Morgan fingerprint density at radius 2 is 2.15 bits per heavy atom. The maximum atomic E-state index is 12.7. The van der Waals surface area contributed by atoms with Crippen LogP contribution in [0.15, 0.2) is 30.9 Å². The van der Waals surface area contributed by atoms with Gasteiger partial charge in [-0.25, -0.2) is 0 Å². The molecule has 1 amide bonds. The second kappa shape index (κ2) is 6.95. The third-order valence-corrected chi connectivity index (χ3v) is 2.34. The van der Waals surface area contributed by atoms with Gasteiger partial charge in [-0.15, -0.1) is 0 Å². The van der Waals surface area contributed by atoms with Crippen molar-refractivity contribution in [3.05, 3.63) is 42.0 Å². The smallest absolute Gasteiger partial charge is 0.416 e. The summed E-state index contributed by atoms with van der Waals surface area (Å²) in [7, 11) is 0. The van der Waals surface area contributed by atoms with Gasteiger partial charge in [0.2, 0.25) is 0 Å². The highest BCUT2D eigenvalue weighted by Crippen LogP contribution is 2.32. The molecule has 7 heteroatoms. The normalized spacial score (nSPS) is 11.0. The van der Waals surface area contributed by atoms with E-state index in [2.05, 4.69) is 11.9 Å². The number of hydrogen-bond donors (Lipinski definition) is 2. The van der Waals surface area contributed by atoms with Gasteiger partial charge in [-0.2, -0.15) is 13.2 Å². The maximum Gasteiger partial charge on any atom is 0.416 e. The van der Waals surface area contributed by atoms with Gasteiger partial charge in [0.1, 0.15) is 12.4 Å². The van der Waals surface area contributed by atoms with E-state index < -0.39 is 17.6 Å². The number of hydrogen-bond acceptors (Lipinski definition) is 3. The molecule has 0 spiro atoms. The summed E-state index contributed by atoms with van der Waals surface area (Å²) in [5.74, 6) is -0.604. The van der Waals surface area contributed by atoms with Crippen LogP contribution in [0, 0.1) is 0 Å². The van der Waals surface area contributed by atoms with Crippen LogP contribution in [-0.4, -0.2) is 25.6 Å². The van der Waals surface area contributed by atoms with Crippen molar-refractivity contribution in [3.63, 3.8) is 0 Å². The Morgan fingerprint density at radius 1 is 1.45 bits per heavy atom. The minimum atomic E-state index is -4.53. The van der Waals surface area contributed by atoms with E-state index in [0.717, 1.165) is 18.2 Å². The van der Waals surface area contributed by atoms with E-state index in [1.165, 1.54) is 6.08 Å². The van der Waals surface area contributed by atoms with Crippen LogP contribution in [0.1, 0.15) is 15.9 Å². The summed E-state index contributed by atoms with van der Waals surface area (Å²) in [5, 5.41) is 2.41. The summed E-state index contributed by atoms with van der Waals surface area (Å²) in [6.45, 7) is 3.87. The van der Waals surface area contributed by atoms with Crippen LogP contribution in [0.3, 0.4) is 0 Å². The van der Waals surface area contributed by atoms with Gasteiger partial charge in [-0.05, 0) is 18.2 Å². The number of halogens is 3. The zero-order chi connectivity index (χ0) is 15.2. The summed E-state index contributed by atoms with van der Waals surface area (Å²) in [4.78, 5) is 11.8. The molecule has 0 aliphatic heterocycles. The van der Waals surface area contributed by atoms with E-state index in [-0.39, 0.29) is 31.0 Å². The Kier molecular flexibility index (Phi) is 5.57. The molecule has 0 saturated heterocycles. The highest BCUT2D eigenvalue weighted by molar-refractivity contribution is 5.97. The summed E-state index contributed by atoms with van der Waals surface area (Å²) in [6, 6.07) is 2.73. The predicted octanol–water partition coefficient (Wildman–Crippen LogP) is 1.96. The lowest BCUT2D eigenvalue weighted by Gasteiger charge is -2.13. The predicted molar refractivity (Wildman–Crippen MR) is 68.5 cm³/mol. The zero-order valence-corrected chi connectivity index (χ0v) is 10.7. The zero-order valence-electron chi connectivity index (χ0n) is 10.7. The molecule has 0 bridgehead atoms. The highest BCUT2D eigenvalue weighted by Gasteiger charge is 2.32. The molecule has 3 N–H and O–H groups in total. The SMILES string of the molecule is C=CCOc1ccc(C(F)(F)F)cc1C(=O)NCCN. The van der Waals surface area contributed by atoms with Gasteiger partial charge in [-0.3, -0.25) is 4.79 Å². The topological polar surface area (TPSA) is 64.3 Å². The van der Waals surface area contributed by atoms with Crippen LogP contribution in [0.25, 0.3) is 0 Å². The molecule has 0 radical (unpaired) electrons. The number of carbonyl (C=O) groups excluding carboxylic acids is 1. The molecule has 0 saturated carbocycles. The molecule has 1 rings (SSSR count). The van der Waals surface area contributed by atoms with Crippen molar-refractivity contribution in [2.24, 2.45) is 5.73 Å². The van der Waals surface area contributed by atoms with Crippen molar-refractivity contribution in [1.29, 1.82) is 0 Å². The molecule has 0 fully saturated rings. The summed E-state index contributed by atoms with van der Waals surface area (Å²) in [5.41, 5.74) is 4.13. The Morgan fingerprint density at radius 3 is 2.70 bits per heavy atom. The summed E-state index contributed by atoms with van der Waals surface area (Å²) in [6.07, 6.45) is -3.10. The van der Waals surface area contributed by atoms with Gasteiger partial charge in [0.25, 0.3) is 5.91 Å². The molecule has 110 valence electrons. The fourth-order valence-corrected chi connectivity index (χ4v) is 1.44. The lowest BCUT2D eigenvalue weighted by molar-refractivity contribution is -0.137. The largest absolute Gasteiger partial charge is 0.489 e. The molecule has 0 unspecified atom stereocenters. The second-order valence-corrected chi connectivity index (χ2v) is 3.85. The van der Waals surface area contributed by atoms with Crippen LogP contribution in [-0.2, 0) is 6.18 Å². The van der Waals surface area contributed by atoms with Crippen molar-refractivity contribution >= 4 is 5.91 Å². The van der Waals surface area contributed by atoms with Crippen molar-refractivity contribution in [2.45, 2.75) is 6.18 Å². The van der Waals surface area contributed by atoms with Crippen LogP contribution in [0.2, 0.25) is 0 Å². The molecule has 1 aromatic carbocycles. The average molecular weight is 288 g/mol. The minimum Gasteiger partial charge on any atom is -0.489 e. The number of benzene rings is 1. The molecule has 0 heterocycles. The molecule has 0 aromatic heterocycles. The van der Waals surface area contributed by atoms with E-state index in [9.17, 15) is 18.0 Å². The summed E-state index contributed by atoms with van der Waals surface area (Å²) >= 11 is 0. The quantitative estimate of drug-likeness (QED) is 0.786. The molecular weight excluding hydrogens is 273 g/mol. The number of amides is 1. The van der Waals surface area contributed by atoms with Crippen LogP contribution < -0.4 is 15.8 Å². The third-order valence-electron chi connectivity index (χ3n) is 2.34. The fourth-order valence-electron chi connectivity index (χ4n) is 1.44. The third kappa shape index (κ3) is 4.27. The Balaban J connectivity index is 3.11. The van der Waals surface area contributed by atoms with Crippen molar-refractivity contribution in [3.8, 4) is 5.75 Å². The first-order valence-electron chi connectivity index (χ1n) is 5.83. The molecule has 1 aromatic rings. The Labute approximate surface area is 114 Å². The fraction of sp³-hybridized carbons (Fsp3) is 0.308. The monoisotopic (exact) mass is 288 g/mol. The first kappa shape index (κ1) is 16.0. The van der Waals surface area contributed by atoms with E-state index in [0.29, 0.717) is 0 Å². The molecule has 0 aliphatic carbocycles. The van der Waals surface area contributed by atoms with E-state index in [1.54, 1.807) is 0 Å². The lowest BCUT2D eigenvalue weighted by Crippen LogP contribution is -2.29. The van der Waals surface area contributed by atoms with Crippen LogP contribution in [0.5, 0.6) is 5.75 Å². The second-order valence-electron chi connectivity index (χ2n) is 3.85. The van der Waals surface area contributed by atoms with Crippen molar-refractivity contribution in [2.75, 3.05) is 19.7 Å². The lowest BCUT2D eigenvalue weighted by atomic mass is 10.1. The number of ether oxygens (including phenoxy) is 1. The standard InChI is InChI=1S/C13H15F3N2O2/c1-2-7-20-11-4-3-9(13(14,15)16)8-10(11)12(19)18-6-5-17/h2-4,8H,1,5-7,17H2,(H,18,19). The van der Waals surface area contributed by atoms with E-state index in [1.807, 2.05) is 0 Å². The first-order chi connectivity index (χ1) is 9.40. The Bertz CT molecular complexity index is 487. The molecule has 0 aliphatic rings. The number of rotatable bonds is 6. The first-order valence-corrected chi connectivity index (χ1v) is 5.83. The molecule has 0 atom stereocenters. The molecule has 4 nitrogen and oxygen atoms in total. The van der Waals surface area contributed by atoms with Gasteiger partial charge >= 0.3 is 6.18 Å². The number of nitrogens with one attached hydrogen (secondary N) is 1. The maximum absolute atomic E-state index is 12.7. The van der Waals surface area contributed by atoms with Gasteiger partial charge in [-0.1, -0.05) is 12.7 Å². The van der Waals surface area contributed by atoms with Crippen molar-refractivity contribution in [1.82, 2.24) is 5.32 Å². The van der Waals surface area contributed by atoms with E-state index >= 15 is 0 Å². The van der Waals surface area contributed by atoms with E-state index in [4.69, 9.17) is 10.5 Å². The molecular formula is C13H15F3N2O2. The molecule has 20 heavy (non-hydrogen) atoms. The van der Waals surface area contributed by atoms with Gasteiger partial charge in [0, 0.05) is 13.1 Å². The average Bonchev–Trinajstić information content (AvgIpc) is 2.41. The van der Waals surface area contributed by atoms with Gasteiger partial charge < -0.3 is 15.8 Å². The Hall–Kier alpha value is -2.02. The van der Waals surface area contributed by atoms with Gasteiger partial charge in [0.05, 0.1) is 11.1 Å². The van der Waals surface area contributed by atoms with Crippen molar-refractivity contribution < 1.29 is 22.7 Å². The number of carbonyl (C=O) groups is 1. The highest BCUT2D eigenvalue weighted by atomic mass is 19.4. The van der Waals surface area contributed by atoms with Crippen LogP contribution >= 0.6 is 0 Å². The number of nitrogens with two attached hydrogens (primary N) is 1. The van der Waals surface area contributed by atoms with Gasteiger partial charge in [0.15, 0.2) is 0 Å². The minimum absolute atomic E-state index is 0.0624. The van der Waals surface area contributed by atoms with Crippen LogP contribution in [0.4, 0.5) is 13.2 Å².